The highest BCUT2D eigenvalue weighted by Crippen LogP contribution is 2.66. The van der Waals surface area contributed by atoms with Crippen LogP contribution in [-0.4, -0.2) is 45.6 Å². The van der Waals surface area contributed by atoms with Crippen molar-refractivity contribution in [1.82, 2.24) is 0 Å². The van der Waals surface area contributed by atoms with E-state index < -0.39 is 57.0 Å². The molecule has 2 aliphatic heterocycles. The fraction of sp³-hybridized carbons (Fsp3) is 0.273. The summed E-state index contributed by atoms with van der Waals surface area (Å²) in [5.41, 5.74) is 1.35. The number of anilines is 2. The minimum Gasteiger partial charge on any atom is -0.503 e. The standard InChI is InChI=1S/C33H23Cl3FIN2O6/c1-46-24-13-15(12-23(34)27(24)41)26-20-10-11-21-25(29(43)39(28(21)42)18-8-4-17(38)5-9-18)22(20)14-32(35)30(44)40(31(45)33(26,32)36)19-6-2-16(37)3-7-19/h2-10,12-13,21-22,25-26,41H,11,14H2,1H3. The lowest BCUT2D eigenvalue weighted by Gasteiger charge is -2.50. The number of phenols is 1. The molecule has 2 heterocycles. The van der Waals surface area contributed by atoms with E-state index in [1.54, 1.807) is 30.3 Å². The Morgan fingerprint density at radius 2 is 1.54 bits per heavy atom. The van der Waals surface area contributed by atoms with Crippen LogP contribution >= 0.6 is 57.4 Å². The Balaban J connectivity index is 1.42. The summed E-state index contributed by atoms with van der Waals surface area (Å²) in [6.45, 7) is 0. The Labute approximate surface area is 291 Å². The molecule has 1 N–H and O–H groups in total. The van der Waals surface area contributed by atoms with Crippen molar-refractivity contribution in [2.75, 3.05) is 16.9 Å². The van der Waals surface area contributed by atoms with Crippen LogP contribution in [0.2, 0.25) is 5.02 Å². The van der Waals surface area contributed by atoms with E-state index in [1.165, 1.54) is 36.3 Å². The highest BCUT2D eigenvalue weighted by Gasteiger charge is 2.76. The van der Waals surface area contributed by atoms with Gasteiger partial charge in [-0.1, -0.05) is 23.3 Å². The first-order valence-corrected chi connectivity index (χ1v) is 16.5. The van der Waals surface area contributed by atoms with Gasteiger partial charge in [-0.3, -0.25) is 24.1 Å². The quantitative estimate of drug-likeness (QED) is 0.139. The van der Waals surface area contributed by atoms with Gasteiger partial charge in [0, 0.05) is 9.49 Å². The molecule has 236 valence electrons. The van der Waals surface area contributed by atoms with Crippen molar-refractivity contribution < 1.29 is 33.4 Å². The molecule has 6 unspecified atom stereocenters. The van der Waals surface area contributed by atoms with Gasteiger partial charge >= 0.3 is 0 Å². The van der Waals surface area contributed by atoms with Gasteiger partial charge in [-0.05, 0) is 108 Å². The lowest BCUT2D eigenvalue weighted by molar-refractivity contribution is -0.125. The number of alkyl halides is 2. The molecule has 0 aromatic heterocycles. The molecule has 7 rings (SSSR count). The van der Waals surface area contributed by atoms with E-state index in [9.17, 15) is 28.7 Å². The van der Waals surface area contributed by atoms with E-state index in [1.807, 2.05) is 0 Å². The minimum absolute atomic E-state index is 0.0106. The molecule has 3 aromatic carbocycles. The molecular weight excluding hydrogens is 773 g/mol. The van der Waals surface area contributed by atoms with Gasteiger partial charge in [-0.15, -0.1) is 23.2 Å². The molecule has 2 aliphatic carbocycles. The first-order chi connectivity index (χ1) is 21.8. The number of allylic oxidation sites excluding steroid dienone is 2. The molecule has 0 spiro atoms. The average Bonchev–Trinajstić information content (AvgIpc) is 3.37. The summed E-state index contributed by atoms with van der Waals surface area (Å²) in [6, 6.07) is 14.6. The Morgan fingerprint density at radius 1 is 0.913 bits per heavy atom. The van der Waals surface area contributed by atoms with Crippen molar-refractivity contribution in [3.05, 3.63) is 92.3 Å². The molecule has 0 bridgehead atoms. The highest BCUT2D eigenvalue weighted by atomic mass is 127. The Bertz CT molecular complexity index is 1890. The Morgan fingerprint density at radius 3 is 2.20 bits per heavy atom. The normalized spacial score (nSPS) is 30.3. The number of hydrogen-bond acceptors (Lipinski definition) is 6. The third kappa shape index (κ3) is 4.22. The largest absolute Gasteiger partial charge is 0.503 e. The Kier molecular flexibility index (Phi) is 7.46. The van der Waals surface area contributed by atoms with Crippen LogP contribution in [0.15, 0.2) is 72.3 Å². The van der Waals surface area contributed by atoms with Crippen molar-refractivity contribution in [3.8, 4) is 11.5 Å². The summed E-state index contributed by atoms with van der Waals surface area (Å²) < 4.78 is 20.1. The number of aromatic hydroxyl groups is 1. The third-order valence-electron chi connectivity index (χ3n) is 9.58. The maximum absolute atomic E-state index is 14.5. The maximum atomic E-state index is 14.5. The number of carbonyl (C=O) groups excluding carboxylic acids is 4. The first kappa shape index (κ1) is 31.4. The fourth-order valence-corrected chi connectivity index (χ4v) is 9.05. The number of benzene rings is 3. The zero-order valence-electron chi connectivity index (χ0n) is 23.8. The van der Waals surface area contributed by atoms with Gasteiger partial charge in [0.05, 0.1) is 35.3 Å². The number of halogens is 5. The van der Waals surface area contributed by atoms with Crippen LogP contribution in [0, 0.1) is 27.1 Å². The summed E-state index contributed by atoms with van der Waals surface area (Å²) >= 11 is 23.3. The summed E-state index contributed by atoms with van der Waals surface area (Å²) in [7, 11) is 1.33. The first-order valence-electron chi connectivity index (χ1n) is 14.3. The molecule has 3 fully saturated rings. The van der Waals surface area contributed by atoms with Crippen molar-refractivity contribution in [3.63, 3.8) is 0 Å². The van der Waals surface area contributed by atoms with Gasteiger partial charge in [0.25, 0.3) is 11.8 Å². The summed E-state index contributed by atoms with van der Waals surface area (Å²) in [5, 5.41) is 10.4. The second-order valence-corrected chi connectivity index (χ2v) is 14.7. The summed E-state index contributed by atoms with van der Waals surface area (Å²) in [4.78, 5) is 54.5. The van der Waals surface area contributed by atoms with E-state index in [0.29, 0.717) is 16.8 Å². The molecule has 0 radical (unpaired) electrons. The molecule has 1 saturated carbocycles. The number of phenolic OH excluding ortho intramolecular Hbond substituents is 1. The number of hydrogen-bond donors (Lipinski definition) is 1. The Hall–Kier alpha value is -3.19. The van der Waals surface area contributed by atoms with Crippen molar-refractivity contribution in [2.24, 2.45) is 17.8 Å². The van der Waals surface area contributed by atoms with Crippen LogP contribution in [0.3, 0.4) is 0 Å². The van der Waals surface area contributed by atoms with Crippen LogP contribution in [-0.2, 0) is 19.2 Å². The van der Waals surface area contributed by atoms with Crippen LogP contribution in [0.5, 0.6) is 11.5 Å². The minimum atomic E-state index is -2.15. The van der Waals surface area contributed by atoms with Crippen LogP contribution in [0.25, 0.3) is 0 Å². The average molecular weight is 796 g/mol. The number of methoxy groups -OCH3 is 1. The topological polar surface area (TPSA) is 104 Å². The van der Waals surface area contributed by atoms with Crippen molar-refractivity contribution in [2.45, 2.75) is 28.5 Å². The second kappa shape index (κ2) is 10.9. The third-order valence-corrected chi connectivity index (χ3v) is 12.0. The number of amides is 4. The molecule has 8 nitrogen and oxygen atoms in total. The number of imide groups is 2. The maximum Gasteiger partial charge on any atom is 0.258 e. The van der Waals surface area contributed by atoms with Gasteiger partial charge in [0.15, 0.2) is 21.2 Å². The molecule has 2 saturated heterocycles. The summed E-state index contributed by atoms with van der Waals surface area (Å²) in [5.74, 6) is -6.97. The van der Waals surface area contributed by atoms with Crippen LogP contribution < -0.4 is 14.5 Å². The zero-order chi connectivity index (χ0) is 32.9. The van der Waals surface area contributed by atoms with Gasteiger partial charge < -0.3 is 9.84 Å². The second-order valence-electron chi connectivity index (χ2n) is 11.8. The van der Waals surface area contributed by atoms with Crippen molar-refractivity contribution >= 4 is 92.4 Å². The van der Waals surface area contributed by atoms with Gasteiger partial charge in [-0.2, -0.15) is 0 Å². The number of nitrogens with zero attached hydrogens (tertiary/aromatic N) is 2. The van der Waals surface area contributed by atoms with Gasteiger partial charge in [0.2, 0.25) is 11.8 Å². The van der Waals surface area contributed by atoms with Gasteiger partial charge in [0.1, 0.15) is 5.82 Å². The molecule has 6 atom stereocenters. The predicted molar refractivity (Wildman–Crippen MR) is 178 cm³/mol. The number of carbonyl (C=O) groups is 4. The number of ether oxygens (including phenoxy) is 1. The molecule has 46 heavy (non-hydrogen) atoms. The SMILES string of the molecule is COc1cc(C2C3=CCC4C(=O)N(c5ccc(I)cc5)C(=O)C4C3CC3(Cl)C(=O)N(c4ccc(F)cc4)C(=O)C23Cl)cc(Cl)c1O. The van der Waals surface area contributed by atoms with E-state index in [2.05, 4.69) is 22.6 Å². The molecule has 4 amide bonds. The molecule has 4 aliphatic rings. The smallest absolute Gasteiger partial charge is 0.258 e. The molecule has 13 heteroatoms. The number of fused-ring (bicyclic) bond motifs is 4. The van der Waals surface area contributed by atoms with E-state index in [0.717, 1.165) is 20.6 Å². The zero-order valence-corrected chi connectivity index (χ0v) is 28.3. The lowest BCUT2D eigenvalue weighted by Crippen LogP contribution is -2.60. The summed E-state index contributed by atoms with van der Waals surface area (Å²) in [6.07, 6.45) is 1.74. The predicted octanol–water partition coefficient (Wildman–Crippen LogP) is 6.57. The van der Waals surface area contributed by atoms with E-state index >= 15 is 0 Å². The van der Waals surface area contributed by atoms with E-state index in [4.69, 9.17) is 39.5 Å². The van der Waals surface area contributed by atoms with Crippen LogP contribution in [0.1, 0.15) is 24.3 Å². The van der Waals surface area contributed by atoms with Crippen LogP contribution in [0.4, 0.5) is 15.8 Å². The van der Waals surface area contributed by atoms with Crippen molar-refractivity contribution in [1.29, 1.82) is 0 Å². The number of rotatable bonds is 4. The molecule has 3 aromatic rings. The monoisotopic (exact) mass is 794 g/mol. The highest BCUT2D eigenvalue weighted by molar-refractivity contribution is 14.1. The van der Waals surface area contributed by atoms with E-state index in [-0.39, 0.29) is 41.0 Å². The lowest BCUT2D eigenvalue weighted by atomic mass is 9.56. The fourth-order valence-electron chi connectivity index (χ4n) is 7.53. The van der Waals surface area contributed by atoms with Gasteiger partial charge in [-0.25, -0.2) is 9.29 Å². The molecular formula is C33H23Cl3FIN2O6.